The van der Waals surface area contributed by atoms with Crippen LogP contribution < -0.4 is 5.73 Å². The number of carbonyl (C=O) groups is 2. The molecule has 2 atom stereocenters. The van der Waals surface area contributed by atoms with E-state index in [2.05, 4.69) is 16.9 Å². The molecule has 2 aliphatic heterocycles. The van der Waals surface area contributed by atoms with Crippen LogP contribution in [0, 0.1) is 17.8 Å². The molecule has 1 aromatic carbocycles. The van der Waals surface area contributed by atoms with Gasteiger partial charge in [-0.3, -0.25) is 9.59 Å². The Hall–Kier alpha value is -2.34. The fourth-order valence-electron chi connectivity index (χ4n) is 4.60. The number of likely N-dealkylation sites (tertiary alicyclic amines) is 2. The van der Waals surface area contributed by atoms with E-state index in [0.717, 1.165) is 36.8 Å². The van der Waals surface area contributed by atoms with Crippen molar-refractivity contribution < 1.29 is 9.59 Å². The Labute approximate surface area is 153 Å². The Morgan fingerprint density at radius 2 is 1.92 bits per heavy atom. The molecule has 2 saturated heterocycles. The first-order valence-corrected chi connectivity index (χ1v) is 9.37. The van der Waals surface area contributed by atoms with Gasteiger partial charge in [-0.05, 0) is 69.1 Å². The summed E-state index contributed by atoms with van der Waals surface area (Å²) in [6.45, 7) is 3.16. The second kappa shape index (κ2) is 6.76. The molecule has 3 heterocycles. The van der Waals surface area contributed by atoms with Crippen molar-refractivity contribution >= 4 is 22.7 Å². The number of aromatic amines is 1. The molecule has 138 valence electrons. The lowest BCUT2D eigenvalue weighted by Crippen LogP contribution is -2.38. The molecule has 0 saturated carbocycles. The molecule has 4 rings (SSSR count). The van der Waals surface area contributed by atoms with Gasteiger partial charge in [-0.25, -0.2) is 0 Å². The maximum atomic E-state index is 13.0. The van der Waals surface area contributed by atoms with Gasteiger partial charge in [-0.2, -0.15) is 0 Å². The van der Waals surface area contributed by atoms with Crippen LogP contribution in [0.3, 0.4) is 0 Å². The van der Waals surface area contributed by atoms with Crippen molar-refractivity contribution in [1.82, 2.24) is 14.8 Å². The molecule has 26 heavy (non-hydrogen) atoms. The Morgan fingerprint density at radius 3 is 2.65 bits per heavy atom. The number of hydrogen-bond donors (Lipinski definition) is 2. The van der Waals surface area contributed by atoms with Crippen LogP contribution in [0.1, 0.15) is 23.2 Å². The van der Waals surface area contributed by atoms with E-state index in [1.807, 2.05) is 35.4 Å². The fourth-order valence-corrected chi connectivity index (χ4v) is 4.60. The predicted octanol–water partition coefficient (Wildman–Crippen LogP) is 1.68. The van der Waals surface area contributed by atoms with Crippen molar-refractivity contribution in [2.45, 2.75) is 12.8 Å². The topological polar surface area (TPSA) is 82.4 Å². The summed E-state index contributed by atoms with van der Waals surface area (Å²) < 4.78 is 0. The number of rotatable bonds is 3. The van der Waals surface area contributed by atoms with E-state index in [1.165, 1.54) is 0 Å². The minimum absolute atomic E-state index is 0.00484. The Kier molecular flexibility index (Phi) is 4.44. The van der Waals surface area contributed by atoms with Crippen LogP contribution in [0.4, 0.5) is 0 Å². The normalized spacial score (nSPS) is 25.0. The monoisotopic (exact) mass is 354 g/mol. The summed E-state index contributed by atoms with van der Waals surface area (Å²) in [6, 6.07) is 7.65. The third-order valence-corrected chi connectivity index (χ3v) is 6.19. The number of nitrogens with zero attached hydrogens (tertiary/aromatic N) is 2. The van der Waals surface area contributed by atoms with Gasteiger partial charge >= 0.3 is 0 Å². The molecule has 2 aromatic rings. The summed E-state index contributed by atoms with van der Waals surface area (Å²) in [7, 11) is 2.13. The highest BCUT2D eigenvalue weighted by Gasteiger charge is 2.43. The minimum Gasteiger partial charge on any atom is -0.369 e. The number of aromatic nitrogens is 1. The number of amides is 2. The van der Waals surface area contributed by atoms with Crippen LogP contribution in [0.2, 0.25) is 0 Å². The minimum atomic E-state index is -0.273. The molecule has 0 bridgehead atoms. The number of carbonyl (C=O) groups excluding carboxylic acids is 2. The van der Waals surface area contributed by atoms with Gasteiger partial charge in [0.1, 0.15) is 0 Å². The van der Waals surface area contributed by atoms with E-state index in [1.54, 1.807) is 0 Å². The van der Waals surface area contributed by atoms with Gasteiger partial charge in [0.2, 0.25) is 5.91 Å². The van der Waals surface area contributed by atoms with Gasteiger partial charge in [-0.15, -0.1) is 0 Å². The van der Waals surface area contributed by atoms with Crippen molar-refractivity contribution in [2.24, 2.45) is 23.5 Å². The van der Waals surface area contributed by atoms with E-state index in [4.69, 9.17) is 5.73 Å². The van der Waals surface area contributed by atoms with Crippen LogP contribution in [-0.4, -0.2) is 59.8 Å². The number of H-pyrrole nitrogens is 1. The standard InChI is InChI=1S/C20H26N4O2/c1-23-8-5-13(6-9-23)16-11-24(12-17(16)19(21)25)20(26)15-2-3-18-14(10-15)4-7-22-18/h2-4,7,10,13,16-17,22H,5-6,8-9,11-12H2,1H3,(H2,21,25)/t16-,17+/m0/s1. The highest BCUT2D eigenvalue weighted by atomic mass is 16.2. The third-order valence-electron chi connectivity index (χ3n) is 6.19. The Morgan fingerprint density at radius 1 is 1.15 bits per heavy atom. The second-order valence-electron chi connectivity index (χ2n) is 7.80. The van der Waals surface area contributed by atoms with E-state index < -0.39 is 0 Å². The summed E-state index contributed by atoms with van der Waals surface area (Å²) in [5, 5.41) is 1.02. The van der Waals surface area contributed by atoms with E-state index in [9.17, 15) is 9.59 Å². The molecule has 3 N–H and O–H groups in total. The molecule has 0 aliphatic carbocycles. The van der Waals surface area contributed by atoms with Crippen LogP contribution in [0.5, 0.6) is 0 Å². The zero-order valence-corrected chi connectivity index (χ0v) is 15.1. The Balaban J connectivity index is 1.53. The Bertz CT molecular complexity index is 822. The average molecular weight is 354 g/mol. The lowest BCUT2D eigenvalue weighted by molar-refractivity contribution is -0.123. The van der Waals surface area contributed by atoms with Gasteiger partial charge in [-0.1, -0.05) is 0 Å². The molecule has 0 unspecified atom stereocenters. The molecule has 2 amide bonds. The van der Waals surface area contributed by atoms with Crippen molar-refractivity contribution in [3.8, 4) is 0 Å². The zero-order valence-electron chi connectivity index (χ0n) is 15.1. The number of piperidine rings is 1. The second-order valence-corrected chi connectivity index (χ2v) is 7.80. The van der Waals surface area contributed by atoms with Gasteiger partial charge in [0.25, 0.3) is 5.91 Å². The third kappa shape index (κ3) is 3.09. The van der Waals surface area contributed by atoms with Crippen LogP contribution in [-0.2, 0) is 4.79 Å². The SMILES string of the molecule is CN1CCC([C@@H]2CN(C(=O)c3ccc4[nH]ccc4c3)C[C@H]2C(N)=O)CC1. The smallest absolute Gasteiger partial charge is 0.253 e. The zero-order chi connectivity index (χ0) is 18.3. The molecular weight excluding hydrogens is 328 g/mol. The first-order valence-electron chi connectivity index (χ1n) is 9.37. The molecule has 6 nitrogen and oxygen atoms in total. The summed E-state index contributed by atoms with van der Waals surface area (Å²) in [4.78, 5) is 32.3. The number of nitrogens with two attached hydrogens (primary N) is 1. The van der Waals surface area contributed by atoms with E-state index >= 15 is 0 Å². The number of primary amides is 1. The molecule has 2 fully saturated rings. The number of benzene rings is 1. The van der Waals surface area contributed by atoms with Crippen LogP contribution in [0.15, 0.2) is 30.5 Å². The summed E-state index contributed by atoms with van der Waals surface area (Å²) in [5.41, 5.74) is 7.38. The highest BCUT2D eigenvalue weighted by Crippen LogP contribution is 2.36. The van der Waals surface area contributed by atoms with E-state index in [-0.39, 0.29) is 23.7 Å². The molecule has 0 radical (unpaired) electrons. The maximum absolute atomic E-state index is 13.0. The number of nitrogens with one attached hydrogen (secondary N) is 1. The predicted molar refractivity (Wildman–Crippen MR) is 101 cm³/mol. The maximum Gasteiger partial charge on any atom is 0.253 e. The van der Waals surface area contributed by atoms with E-state index in [0.29, 0.717) is 24.6 Å². The largest absolute Gasteiger partial charge is 0.369 e. The van der Waals surface area contributed by atoms with Gasteiger partial charge < -0.3 is 20.5 Å². The van der Waals surface area contributed by atoms with Crippen molar-refractivity contribution in [3.05, 3.63) is 36.0 Å². The summed E-state index contributed by atoms with van der Waals surface area (Å²) in [6.07, 6.45) is 4.01. The summed E-state index contributed by atoms with van der Waals surface area (Å²) in [5.74, 6) is 0.137. The first-order chi connectivity index (χ1) is 12.5. The molecule has 1 aromatic heterocycles. The van der Waals surface area contributed by atoms with Crippen molar-refractivity contribution in [1.29, 1.82) is 0 Å². The molecule has 6 heteroatoms. The van der Waals surface area contributed by atoms with Crippen LogP contribution >= 0.6 is 0 Å². The number of hydrogen-bond acceptors (Lipinski definition) is 3. The average Bonchev–Trinajstić information content (AvgIpc) is 3.28. The summed E-state index contributed by atoms with van der Waals surface area (Å²) >= 11 is 0. The van der Waals surface area contributed by atoms with Gasteiger partial charge in [0.05, 0.1) is 5.92 Å². The van der Waals surface area contributed by atoms with Crippen molar-refractivity contribution in [2.75, 3.05) is 33.2 Å². The highest BCUT2D eigenvalue weighted by molar-refractivity contribution is 5.98. The first kappa shape index (κ1) is 17.1. The lowest BCUT2D eigenvalue weighted by atomic mass is 9.78. The van der Waals surface area contributed by atoms with Gasteiger partial charge in [0.15, 0.2) is 0 Å². The molecule has 0 spiro atoms. The van der Waals surface area contributed by atoms with Gasteiger partial charge in [0, 0.05) is 35.8 Å². The fraction of sp³-hybridized carbons (Fsp3) is 0.500. The molecule has 2 aliphatic rings. The number of fused-ring (bicyclic) bond motifs is 1. The van der Waals surface area contributed by atoms with Crippen molar-refractivity contribution in [3.63, 3.8) is 0 Å². The lowest BCUT2D eigenvalue weighted by Gasteiger charge is -2.34. The van der Waals surface area contributed by atoms with Crippen LogP contribution in [0.25, 0.3) is 10.9 Å². The quantitative estimate of drug-likeness (QED) is 0.880. The molecular formula is C20H26N4O2.